The molecule has 4 N–H and O–H groups in total. The molecule has 0 aliphatic carbocycles. The maximum Gasteiger partial charge on any atom is 0.382 e. The third-order valence-electron chi connectivity index (χ3n) is 0.821. The van der Waals surface area contributed by atoms with E-state index in [0.29, 0.717) is 0 Å². The van der Waals surface area contributed by atoms with Crippen molar-refractivity contribution in [1.82, 2.24) is 5.48 Å². The normalized spacial score (nSPS) is 13.9. The zero-order valence-corrected chi connectivity index (χ0v) is 7.51. The van der Waals surface area contributed by atoms with Crippen LogP contribution in [0.4, 0.5) is 0 Å². The number of nitrogens with two attached hydrogens (primary N) is 1. The second-order valence-electron chi connectivity index (χ2n) is 1.76. The predicted molar refractivity (Wildman–Crippen MR) is 41.8 cm³/mol. The van der Waals surface area contributed by atoms with Gasteiger partial charge in [0.15, 0.2) is 0 Å². The zero-order chi connectivity index (χ0) is 9.78. The van der Waals surface area contributed by atoms with Gasteiger partial charge in [-0.1, -0.05) is 0 Å². The first-order valence-corrected chi connectivity index (χ1v) is 4.77. The Kier molecular flexibility index (Phi) is 4.49. The van der Waals surface area contributed by atoms with Crippen molar-refractivity contribution in [1.29, 1.82) is 0 Å². The minimum absolute atomic E-state index is 0.120. The molecule has 0 amide bonds. The number of hydrogen-bond donors (Lipinski definition) is 4. The minimum Gasteiger partial charge on any atom is -0.332 e. The molecule has 0 heterocycles. The van der Waals surface area contributed by atoms with Gasteiger partial charge < -0.3 is 9.39 Å². The highest BCUT2D eigenvalue weighted by Gasteiger charge is 2.21. The number of nitrogens with one attached hydrogen (secondary N) is 1. The van der Waals surface area contributed by atoms with Crippen molar-refractivity contribution in [2.75, 3.05) is 5.75 Å². The molecule has 0 bridgehead atoms. The molecule has 0 radical (unpaired) electrons. The van der Waals surface area contributed by atoms with E-state index in [9.17, 15) is 13.2 Å². The van der Waals surface area contributed by atoms with Crippen LogP contribution in [0.3, 0.4) is 0 Å². The molecule has 0 aromatic carbocycles. The number of carbonyl (C=O) groups is 1. The molecule has 12 heavy (non-hydrogen) atoms. The molecule has 0 saturated heterocycles. The van der Waals surface area contributed by atoms with Gasteiger partial charge in [-0.05, 0) is 0 Å². The van der Waals surface area contributed by atoms with Gasteiger partial charge in [0, 0.05) is 5.75 Å². The van der Waals surface area contributed by atoms with Crippen LogP contribution in [0.2, 0.25) is 0 Å². The average molecular weight is 216 g/mol. The minimum atomic E-state index is -4.32. The molecule has 1 atom stereocenters. The Balaban J connectivity index is 4.21. The molecule has 0 spiro atoms. The Morgan fingerprint density at radius 2 is 2.25 bits per heavy atom. The quantitative estimate of drug-likeness (QED) is 0.319. The summed E-state index contributed by atoms with van der Waals surface area (Å²) in [6.07, 6.45) is 0. The molecule has 9 heteroatoms. The molecular formula is C3H8N2O5S2. The molecule has 0 fully saturated rings. The van der Waals surface area contributed by atoms with Gasteiger partial charge in [0.1, 0.15) is 6.04 Å². The molecule has 0 aliphatic rings. The molecule has 72 valence electrons. The van der Waals surface area contributed by atoms with Gasteiger partial charge in [0.2, 0.25) is 0 Å². The van der Waals surface area contributed by atoms with E-state index in [1.165, 1.54) is 5.48 Å². The predicted octanol–water partition coefficient (Wildman–Crippen LogP) is -1.99. The molecule has 0 rings (SSSR count). The van der Waals surface area contributed by atoms with Gasteiger partial charge in [-0.3, -0.25) is 0 Å². The fraction of sp³-hybridized carbons (Fsp3) is 0.667. The summed E-state index contributed by atoms with van der Waals surface area (Å²) in [5, 5.41) is 12.6. The lowest BCUT2D eigenvalue weighted by Gasteiger charge is -2.08. The van der Waals surface area contributed by atoms with E-state index in [0.717, 1.165) is 0 Å². The summed E-state index contributed by atoms with van der Waals surface area (Å²) in [5.41, 5.74) is 1.50. The van der Waals surface area contributed by atoms with E-state index in [-0.39, 0.29) is 5.75 Å². The Labute approximate surface area is 74.5 Å². The highest BCUT2D eigenvalue weighted by atomic mass is 32.2. The van der Waals surface area contributed by atoms with Crippen LogP contribution >= 0.6 is 12.6 Å². The molecule has 0 unspecified atom stereocenters. The standard InChI is InChI=1S/C3H8N2O5S2/c4-12(8,9)10-3(6)2(1-11)5-7/h2,5,7,11H,1H2,(H2,4,8,9)/t2-/m0/s1. The van der Waals surface area contributed by atoms with Crippen molar-refractivity contribution in [3.63, 3.8) is 0 Å². The number of hydrogen-bond acceptors (Lipinski definition) is 7. The number of rotatable bonds is 4. The van der Waals surface area contributed by atoms with Gasteiger partial charge in [0.25, 0.3) is 0 Å². The summed E-state index contributed by atoms with van der Waals surface area (Å²) >= 11 is 3.63. The van der Waals surface area contributed by atoms with E-state index < -0.39 is 22.3 Å². The molecule has 0 aromatic heterocycles. The Hall–Kier alpha value is -0.350. The van der Waals surface area contributed by atoms with Crippen LogP contribution in [0.15, 0.2) is 0 Å². The van der Waals surface area contributed by atoms with Crippen LogP contribution in [-0.4, -0.2) is 31.4 Å². The average Bonchev–Trinajstić information content (AvgIpc) is 1.85. The fourth-order valence-electron chi connectivity index (χ4n) is 0.341. The monoisotopic (exact) mass is 216 g/mol. The highest BCUT2D eigenvalue weighted by molar-refractivity contribution is 7.84. The summed E-state index contributed by atoms with van der Waals surface area (Å²) in [6.45, 7) is 0. The first kappa shape index (κ1) is 11.6. The van der Waals surface area contributed by atoms with E-state index in [4.69, 9.17) is 5.21 Å². The smallest absolute Gasteiger partial charge is 0.332 e. The van der Waals surface area contributed by atoms with Crippen LogP contribution in [0.25, 0.3) is 0 Å². The maximum absolute atomic E-state index is 10.7. The van der Waals surface area contributed by atoms with Gasteiger partial charge in [-0.2, -0.15) is 31.7 Å². The first-order chi connectivity index (χ1) is 5.40. The lowest BCUT2D eigenvalue weighted by molar-refractivity contribution is -0.138. The van der Waals surface area contributed by atoms with Crippen molar-refractivity contribution in [3.05, 3.63) is 0 Å². The highest BCUT2D eigenvalue weighted by Crippen LogP contribution is 1.93. The third-order valence-corrected chi connectivity index (χ3v) is 1.58. The molecule has 0 aliphatic heterocycles. The Bertz CT molecular complexity index is 245. The van der Waals surface area contributed by atoms with Crippen molar-refractivity contribution >= 4 is 28.9 Å². The van der Waals surface area contributed by atoms with Crippen molar-refractivity contribution in [3.8, 4) is 0 Å². The lowest BCUT2D eigenvalue weighted by atomic mass is 10.4. The summed E-state index contributed by atoms with van der Waals surface area (Å²) in [5.74, 6) is -1.33. The molecular weight excluding hydrogens is 208 g/mol. The largest absolute Gasteiger partial charge is 0.382 e. The Morgan fingerprint density at radius 1 is 1.75 bits per heavy atom. The molecule has 0 saturated carbocycles. The first-order valence-electron chi connectivity index (χ1n) is 2.67. The Morgan fingerprint density at radius 3 is 2.50 bits per heavy atom. The summed E-state index contributed by atoms with van der Waals surface area (Å²) in [6, 6.07) is -1.22. The van der Waals surface area contributed by atoms with Gasteiger partial charge in [-0.15, -0.1) is 0 Å². The second-order valence-corrected chi connectivity index (χ2v) is 3.28. The van der Waals surface area contributed by atoms with E-state index in [2.05, 4.69) is 22.0 Å². The summed E-state index contributed by atoms with van der Waals surface area (Å²) in [4.78, 5) is 10.7. The number of thiol groups is 1. The van der Waals surface area contributed by atoms with E-state index in [1.807, 2.05) is 0 Å². The van der Waals surface area contributed by atoms with Crippen molar-refractivity contribution in [2.24, 2.45) is 5.14 Å². The van der Waals surface area contributed by atoms with Gasteiger partial charge in [0.05, 0.1) is 0 Å². The SMILES string of the molecule is NS(=O)(=O)OC(=O)[C@H](CS)NO. The maximum atomic E-state index is 10.7. The van der Waals surface area contributed by atoms with Crippen LogP contribution in [0.1, 0.15) is 0 Å². The van der Waals surface area contributed by atoms with Gasteiger partial charge >= 0.3 is 16.3 Å². The summed E-state index contributed by atoms with van der Waals surface area (Å²) in [7, 11) is -4.32. The van der Waals surface area contributed by atoms with Crippen LogP contribution in [0.5, 0.6) is 0 Å². The second kappa shape index (κ2) is 4.62. The summed E-state index contributed by atoms with van der Waals surface area (Å²) < 4.78 is 24.1. The van der Waals surface area contributed by atoms with E-state index in [1.54, 1.807) is 0 Å². The van der Waals surface area contributed by atoms with Crippen LogP contribution in [-0.2, 0) is 19.3 Å². The van der Waals surface area contributed by atoms with Crippen molar-refractivity contribution in [2.45, 2.75) is 6.04 Å². The number of hydroxylamine groups is 1. The number of carbonyl (C=O) groups excluding carboxylic acids is 1. The fourth-order valence-corrected chi connectivity index (χ4v) is 0.916. The van der Waals surface area contributed by atoms with E-state index >= 15 is 0 Å². The molecule has 0 aromatic rings. The zero-order valence-electron chi connectivity index (χ0n) is 5.80. The van der Waals surface area contributed by atoms with Crippen molar-refractivity contribution < 1.29 is 22.6 Å². The van der Waals surface area contributed by atoms with Crippen LogP contribution in [0, 0.1) is 0 Å². The lowest BCUT2D eigenvalue weighted by Crippen LogP contribution is -2.39. The van der Waals surface area contributed by atoms with Gasteiger partial charge in [-0.25, -0.2) is 4.79 Å². The third kappa shape index (κ3) is 4.51. The topological polar surface area (TPSA) is 119 Å². The van der Waals surface area contributed by atoms with Crippen LogP contribution < -0.4 is 10.6 Å². The molecule has 7 nitrogen and oxygen atoms in total.